The van der Waals surface area contributed by atoms with Gasteiger partial charge in [-0.2, -0.15) is 0 Å². The predicted molar refractivity (Wildman–Crippen MR) is 80.4 cm³/mol. The van der Waals surface area contributed by atoms with Crippen molar-refractivity contribution < 1.29 is 14.5 Å². The molecule has 0 aliphatic rings. The lowest BCUT2D eigenvalue weighted by molar-refractivity contribution is -0.384. The van der Waals surface area contributed by atoms with E-state index in [1.807, 2.05) is 0 Å². The molecule has 0 amide bonds. The number of carbonyl (C=O) groups is 1. The van der Waals surface area contributed by atoms with Crippen LogP contribution < -0.4 is 4.74 Å². The van der Waals surface area contributed by atoms with Gasteiger partial charge in [-0.15, -0.1) is 0 Å². The molecule has 2 aromatic rings. The van der Waals surface area contributed by atoms with Crippen molar-refractivity contribution in [3.05, 3.63) is 61.0 Å². The minimum atomic E-state index is -0.512. The fourth-order valence-electron chi connectivity index (χ4n) is 1.51. The van der Waals surface area contributed by atoms with Crippen LogP contribution in [0.25, 0.3) is 0 Å². The highest BCUT2D eigenvalue weighted by atomic mass is 79.9. The van der Waals surface area contributed by atoms with E-state index < -0.39 is 4.92 Å². The number of nitrogens with zero attached hydrogens (tertiary/aromatic N) is 1. The van der Waals surface area contributed by atoms with Crippen molar-refractivity contribution in [3.8, 4) is 11.5 Å². The number of nitro benzene ring substituents is 1. The van der Waals surface area contributed by atoms with Crippen LogP contribution in [0.3, 0.4) is 0 Å². The van der Waals surface area contributed by atoms with Crippen molar-refractivity contribution in [1.29, 1.82) is 0 Å². The molecule has 0 saturated heterocycles. The van der Waals surface area contributed by atoms with E-state index in [-0.39, 0.29) is 11.4 Å². The Morgan fingerprint density at radius 1 is 1.10 bits per heavy atom. The Kier molecular flexibility index (Phi) is 4.51. The lowest BCUT2D eigenvalue weighted by atomic mass is 10.2. The van der Waals surface area contributed by atoms with Crippen LogP contribution in [0.5, 0.6) is 11.5 Å². The molecule has 2 aromatic carbocycles. The van der Waals surface area contributed by atoms with Crippen LogP contribution in [-0.2, 0) is 0 Å². The molecule has 0 saturated carbocycles. The summed E-state index contributed by atoms with van der Waals surface area (Å²) in [5.41, 5.74) is 0.255. The van der Waals surface area contributed by atoms with Crippen molar-refractivity contribution in [1.82, 2.24) is 0 Å². The summed E-state index contributed by atoms with van der Waals surface area (Å²) in [5, 5.41) is 10.8. The summed E-state index contributed by atoms with van der Waals surface area (Å²) in [7, 11) is 0. The molecule has 0 fully saturated rings. The van der Waals surface area contributed by atoms with Crippen LogP contribution in [-0.4, -0.2) is 11.2 Å². The Balaban J connectivity index is 2.41. The van der Waals surface area contributed by atoms with E-state index in [0.29, 0.717) is 22.1 Å². The number of ether oxygens (including phenoxy) is 1. The van der Waals surface area contributed by atoms with Gasteiger partial charge in [-0.05, 0) is 40.2 Å². The summed E-state index contributed by atoms with van der Waals surface area (Å²) in [5.74, 6) is 0.592. The maximum atomic E-state index is 11.0. The van der Waals surface area contributed by atoms with Gasteiger partial charge in [0.05, 0.1) is 21.0 Å². The summed E-state index contributed by atoms with van der Waals surface area (Å²) in [6.45, 7) is 0. The van der Waals surface area contributed by atoms with Crippen molar-refractivity contribution in [2.24, 2.45) is 0 Å². The molecule has 0 aliphatic carbocycles. The number of hydrogen-bond acceptors (Lipinski definition) is 4. The Labute approximate surface area is 131 Å². The molecule has 0 atom stereocenters. The lowest BCUT2D eigenvalue weighted by Gasteiger charge is -2.09. The van der Waals surface area contributed by atoms with Gasteiger partial charge in [0.15, 0.2) is 6.29 Å². The van der Waals surface area contributed by atoms with Crippen LogP contribution >= 0.6 is 31.9 Å². The van der Waals surface area contributed by atoms with Gasteiger partial charge >= 0.3 is 0 Å². The third kappa shape index (κ3) is 3.23. The van der Waals surface area contributed by atoms with E-state index in [1.165, 1.54) is 18.2 Å². The molecule has 0 aromatic heterocycles. The van der Waals surface area contributed by atoms with Crippen LogP contribution in [0.15, 0.2) is 45.3 Å². The maximum absolute atomic E-state index is 11.0. The number of carbonyl (C=O) groups excluding carboxylic acids is 1. The number of rotatable bonds is 4. The molecular weight excluding hydrogens is 394 g/mol. The van der Waals surface area contributed by atoms with Gasteiger partial charge in [-0.1, -0.05) is 15.9 Å². The van der Waals surface area contributed by atoms with Gasteiger partial charge in [0, 0.05) is 10.5 Å². The summed E-state index contributed by atoms with van der Waals surface area (Å²) in [4.78, 5) is 21.3. The van der Waals surface area contributed by atoms with E-state index in [2.05, 4.69) is 31.9 Å². The molecule has 20 heavy (non-hydrogen) atoms. The zero-order valence-corrected chi connectivity index (χ0v) is 13.0. The lowest BCUT2D eigenvalue weighted by Crippen LogP contribution is -1.93. The highest BCUT2D eigenvalue weighted by Crippen LogP contribution is 2.34. The van der Waals surface area contributed by atoms with Crippen molar-refractivity contribution in [3.63, 3.8) is 0 Å². The monoisotopic (exact) mass is 399 g/mol. The fourth-order valence-corrected chi connectivity index (χ4v) is 2.21. The van der Waals surface area contributed by atoms with E-state index in [0.717, 1.165) is 4.47 Å². The Morgan fingerprint density at radius 3 is 2.50 bits per heavy atom. The summed E-state index contributed by atoms with van der Waals surface area (Å²) >= 11 is 6.51. The summed E-state index contributed by atoms with van der Waals surface area (Å²) < 4.78 is 6.87. The molecule has 0 spiro atoms. The van der Waals surface area contributed by atoms with Crippen LogP contribution in [0.2, 0.25) is 0 Å². The standard InChI is InChI=1S/C13H7Br2NO4/c14-9-1-4-12(8(5-9)7-17)20-13-6-10(16(18)19)2-3-11(13)15/h1-7H. The Hall–Kier alpha value is -1.73. The summed E-state index contributed by atoms with van der Waals surface area (Å²) in [6, 6.07) is 9.10. The third-order valence-electron chi connectivity index (χ3n) is 2.44. The first kappa shape index (κ1) is 14.7. The van der Waals surface area contributed by atoms with Gasteiger partial charge in [0.25, 0.3) is 5.69 Å². The van der Waals surface area contributed by atoms with Gasteiger partial charge in [-0.25, -0.2) is 0 Å². The second kappa shape index (κ2) is 6.15. The van der Waals surface area contributed by atoms with Crippen LogP contribution in [0, 0.1) is 10.1 Å². The average molecular weight is 401 g/mol. The smallest absolute Gasteiger partial charge is 0.273 e. The zero-order chi connectivity index (χ0) is 14.7. The predicted octanol–water partition coefficient (Wildman–Crippen LogP) is 4.72. The molecule has 7 heteroatoms. The molecule has 0 radical (unpaired) electrons. The van der Waals surface area contributed by atoms with Gasteiger partial charge in [0.1, 0.15) is 11.5 Å². The molecule has 0 unspecified atom stereocenters. The summed E-state index contributed by atoms with van der Waals surface area (Å²) in [6.07, 6.45) is 0.658. The number of halogens is 2. The molecule has 0 N–H and O–H groups in total. The molecule has 0 bridgehead atoms. The zero-order valence-electron chi connectivity index (χ0n) is 9.88. The van der Waals surface area contributed by atoms with Crippen LogP contribution in [0.4, 0.5) is 5.69 Å². The maximum Gasteiger partial charge on any atom is 0.273 e. The second-order valence-electron chi connectivity index (χ2n) is 3.77. The number of nitro groups is 1. The van der Waals surface area contributed by atoms with E-state index in [1.54, 1.807) is 18.2 Å². The molecular formula is C13H7Br2NO4. The molecule has 5 nitrogen and oxygen atoms in total. The van der Waals surface area contributed by atoms with E-state index in [4.69, 9.17) is 4.74 Å². The average Bonchev–Trinajstić information content (AvgIpc) is 2.42. The third-order valence-corrected chi connectivity index (χ3v) is 3.59. The number of aldehydes is 1. The number of benzene rings is 2. The van der Waals surface area contributed by atoms with Crippen LogP contribution in [0.1, 0.15) is 10.4 Å². The Bertz CT molecular complexity index is 688. The minimum absolute atomic E-state index is 0.0898. The number of non-ortho nitro benzene ring substituents is 1. The van der Waals surface area contributed by atoms with Crippen molar-refractivity contribution >= 4 is 43.8 Å². The first-order valence-electron chi connectivity index (χ1n) is 5.38. The largest absolute Gasteiger partial charge is 0.455 e. The second-order valence-corrected chi connectivity index (χ2v) is 5.54. The first-order valence-corrected chi connectivity index (χ1v) is 6.96. The Morgan fingerprint density at radius 2 is 1.85 bits per heavy atom. The quantitative estimate of drug-likeness (QED) is 0.422. The van der Waals surface area contributed by atoms with Crippen molar-refractivity contribution in [2.75, 3.05) is 0 Å². The van der Waals surface area contributed by atoms with Crippen molar-refractivity contribution in [2.45, 2.75) is 0 Å². The van der Waals surface area contributed by atoms with E-state index >= 15 is 0 Å². The van der Waals surface area contributed by atoms with E-state index in [9.17, 15) is 14.9 Å². The molecule has 2 rings (SSSR count). The molecule has 102 valence electrons. The van der Waals surface area contributed by atoms with Gasteiger partial charge in [-0.3, -0.25) is 14.9 Å². The normalized spacial score (nSPS) is 10.1. The fraction of sp³-hybridized carbons (Fsp3) is 0. The van der Waals surface area contributed by atoms with Gasteiger partial charge in [0.2, 0.25) is 0 Å². The highest BCUT2D eigenvalue weighted by molar-refractivity contribution is 9.10. The molecule has 0 heterocycles. The first-order chi connectivity index (χ1) is 9.51. The SMILES string of the molecule is O=Cc1cc(Br)ccc1Oc1cc([N+](=O)[O-])ccc1Br. The highest BCUT2D eigenvalue weighted by Gasteiger charge is 2.13. The minimum Gasteiger partial charge on any atom is -0.455 e. The number of hydrogen-bond donors (Lipinski definition) is 0. The molecule has 0 aliphatic heterocycles. The topological polar surface area (TPSA) is 69.4 Å². The van der Waals surface area contributed by atoms with Gasteiger partial charge < -0.3 is 4.74 Å².